The van der Waals surface area contributed by atoms with Crippen LogP contribution in [0.15, 0.2) is 18.2 Å². The van der Waals surface area contributed by atoms with Gasteiger partial charge in [-0.05, 0) is 25.5 Å². The number of carbonyl (C=O) groups excluding carboxylic acids is 1. The van der Waals surface area contributed by atoms with E-state index >= 15 is 0 Å². The number of anilines is 1. The lowest BCUT2D eigenvalue weighted by atomic mass is 10.1. The Morgan fingerprint density at radius 3 is 2.81 bits per heavy atom. The predicted octanol–water partition coefficient (Wildman–Crippen LogP) is 2.52. The fourth-order valence-electron chi connectivity index (χ4n) is 2.01. The number of carbonyl (C=O) groups is 1. The molecule has 3 nitrogen and oxygen atoms in total. The Hall–Kier alpha value is -1.06. The molecule has 0 radical (unpaired) electrons. The van der Waals surface area contributed by atoms with Crippen LogP contribution in [0.5, 0.6) is 0 Å². The molecule has 1 heterocycles. The molecule has 1 saturated heterocycles. The van der Waals surface area contributed by atoms with Crippen LogP contribution in [0, 0.1) is 0 Å². The highest BCUT2D eigenvalue weighted by Gasteiger charge is 2.25. The van der Waals surface area contributed by atoms with Gasteiger partial charge >= 0.3 is 0 Å². The second-order valence-corrected chi connectivity index (χ2v) is 4.46. The van der Waals surface area contributed by atoms with Crippen molar-refractivity contribution < 1.29 is 9.90 Å². The summed E-state index contributed by atoms with van der Waals surface area (Å²) >= 11 is 5.93. The molecule has 1 aromatic carbocycles. The monoisotopic (exact) mass is 239 g/mol. The third-order valence-corrected chi connectivity index (χ3v) is 3.04. The molecule has 1 fully saturated rings. The Morgan fingerprint density at radius 1 is 1.50 bits per heavy atom. The summed E-state index contributed by atoms with van der Waals surface area (Å²) < 4.78 is 0. The molecule has 0 bridgehead atoms. The van der Waals surface area contributed by atoms with E-state index in [1.165, 1.54) is 0 Å². The number of benzene rings is 1. The first-order valence-corrected chi connectivity index (χ1v) is 5.75. The summed E-state index contributed by atoms with van der Waals surface area (Å²) in [7, 11) is 0. The van der Waals surface area contributed by atoms with Crippen molar-refractivity contribution in [1.29, 1.82) is 0 Å². The zero-order valence-corrected chi connectivity index (χ0v) is 9.87. The van der Waals surface area contributed by atoms with E-state index in [0.29, 0.717) is 18.0 Å². The number of amides is 1. The van der Waals surface area contributed by atoms with Gasteiger partial charge in [0, 0.05) is 23.6 Å². The molecule has 1 aliphatic rings. The number of aliphatic hydroxyl groups excluding tert-OH is 1. The Bertz CT molecular complexity index is 417. The van der Waals surface area contributed by atoms with Crippen LogP contribution in [0.4, 0.5) is 5.69 Å². The molecule has 1 N–H and O–H groups in total. The Morgan fingerprint density at radius 2 is 2.25 bits per heavy atom. The van der Waals surface area contributed by atoms with Crippen molar-refractivity contribution >= 4 is 23.2 Å². The van der Waals surface area contributed by atoms with Crippen molar-refractivity contribution in [1.82, 2.24) is 0 Å². The predicted molar refractivity (Wildman–Crippen MR) is 63.7 cm³/mol. The number of halogens is 1. The highest BCUT2D eigenvalue weighted by atomic mass is 35.5. The third kappa shape index (κ3) is 2.06. The lowest BCUT2D eigenvalue weighted by Gasteiger charge is -2.21. The molecular weight excluding hydrogens is 226 g/mol. The number of hydrogen-bond acceptors (Lipinski definition) is 2. The zero-order valence-electron chi connectivity index (χ0n) is 9.11. The van der Waals surface area contributed by atoms with Crippen LogP contribution in [0.1, 0.15) is 31.4 Å². The van der Waals surface area contributed by atoms with Gasteiger partial charge in [0.1, 0.15) is 0 Å². The lowest BCUT2D eigenvalue weighted by Crippen LogP contribution is -2.25. The molecule has 1 amide bonds. The molecule has 86 valence electrons. The van der Waals surface area contributed by atoms with E-state index < -0.39 is 6.10 Å². The van der Waals surface area contributed by atoms with Gasteiger partial charge in [-0.1, -0.05) is 17.7 Å². The second kappa shape index (κ2) is 4.44. The molecular formula is C12H14ClNO2. The first-order valence-electron chi connectivity index (χ1n) is 5.37. The SMILES string of the molecule is C[C@H](O)c1ccc(Cl)cc1N1CCCC1=O. The van der Waals surface area contributed by atoms with E-state index in [-0.39, 0.29) is 5.91 Å². The Kier molecular flexibility index (Phi) is 3.17. The summed E-state index contributed by atoms with van der Waals surface area (Å²) in [6.45, 7) is 2.40. The molecule has 2 rings (SSSR count). The van der Waals surface area contributed by atoms with Crippen LogP contribution >= 0.6 is 11.6 Å². The molecule has 1 atom stereocenters. The van der Waals surface area contributed by atoms with Crippen molar-refractivity contribution in [3.63, 3.8) is 0 Å². The van der Waals surface area contributed by atoms with Crippen LogP contribution in [-0.2, 0) is 4.79 Å². The van der Waals surface area contributed by atoms with Crippen LogP contribution in [0.25, 0.3) is 0 Å². The molecule has 0 aromatic heterocycles. The summed E-state index contributed by atoms with van der Waals surface area (Å²) in [6.07, 6.45) is 0.844. The summed E-state index contributed by atoms with van der Waals surface area (Å²) in [5, 5.41) is 10.2. The van der Waals surface area contributed by atoms with Crippen molar-refractivity contribution in [2.75, 3.05) is 11.4 Å². The topological polar surface area (TPSA) is 40.5 Å². The van der Waals surface area contributed by atoms with Gasteiger partial charge in [0.25, 0.3) is 0 Å². The van der Waals surface area contributed by atoms with Gasteiger partial charge < -0.3 is 10.0 Å². The van der Waals surface area contributed by atoms with Gasteiger partial charge in [0.2, 0.25) is 5.91 Å². The number of nitrogens with zero attached hydrogens (tertiary/aromatic N) is 1. The minimum absolute atomic E-state index is 0.101. The van der Waals surface area contributed by atoms with E-state index in [4.69, 9.17) is 11.6 Å². The van der Waals surface area contributed by atoms with Gasteiger partial charge in [0.15, 0.2) is 0 Å². The van der Waals surface area contributed by atoms with Crippen molar-refractivity contribution in [3.8, 4) is 0 Å². The van der Waals surface area contributed by atoms with Crippen LogP contribution in [0.3, 0.4) is 0 Å². The van der Waals surface area contributed by atoms with E-state index in [1.54, 1.807) is 30.0 Å². The maximum atomic E-state index is 11.7. The summed E-state index contributed by atoms with van der Waals surface area (Å²) in [4.78, 5) is 13.4. The third-order valence-electron chi connectivity index (χ3n) is 2.81. The fourth-order valence-corrected chi connectivity index (χ4v) is 2.17. The smallest absolute Gasteiger partial charge is 0.227 e. The highest BCUT2D eigenvalue weighted by molar-refractivity contribution is 6.31. The Labute approximate surface area is 99.6 Å². The molecule has 0 spiro atoms. The van der Waals surface area contributed by atoms with Crippen LogP contribution in [-0.4, -0.2) is 17.6 Å². The van der Waals surface area contributed by atoms with Crippen molar-refractivity contribution in [3.05, 3.63) is 28.8 Å². The van der Waals surface area contributed by atoms with Crippen molar-refractivity contribution in [2.45, 2.75) is 25.9 Å². The van der Waals surface area contributed by atoms with E-state index in [2.05, 4.69) is 0 Å². The van der Waals surface area contributed by atoms with Gasteiger partial charge in [-0.25, -0.2) is 0 Å². The summed E-state index contributed by atoms with van der Waals surface area (Å²) in [6, 6.07) is 5.24. The van der Waals surface area contributed by atoms with Crippen molar-refractivity contribution in [2.24, 2.45) is 0 Å². The first kappa shape index (κ1) is 11.4. The minimum atomic E-state index is -0.597. The zero-order chi connectivity index (χ0) is 11.7. The van der Waals surface area contributed by atoms with Crippen LogP contribution < -0.4 is 4.90 Å². The maximum absolute atomic E-state index is 11.7. The van der Waals surface area contributed by atoms with E-state index in [9.17, 15) is 9.90 Å². The highest BCUT2D eigenvalue weighted by Crippen LogP contribution is 2.32. The Balaban J connectivity index is 2.44. The molecule has 4 heteroatoms. The molecule has 0 saturated carbocycles. The van der Waals surface area contributed by atoms with Gasteiger partial charge in [-0.15, -0.1) is 0 Å². The average Bonchev–Trinajstić information content (AvgIpc) is 2.63. The quantitative estimate of drug-likeness (QED) is 0.862. The molecule has 1 aliphatic heterocycles. The largest absolute Gasteiger partial charge is 0.389 e. The molecule has 0 aliphatic carbocycles. The number of rotatable bonds is 2. The fraction of sp³-hybridized carbons (Fsp3) is 0.417. The van der Waals surface area contributed by atoms with E-state index in [0.717, 1.165) is 17.7 Å². The van der Waals surface area contributed by atoms with Gasteiger partial charge in [-0.3, -0.25) is 4.79 Å². The van der Waals surface area contributed by atoms with Gasteiger partial charge in [0.05, 0.1) is 11.8 Å². The average molecular weight is 240 g/mol. The summed E-state index contributed by atoms with van der Waals surface area (Å²) in [5.41, 5.74) is 1.49. The number of aliphatic hydroxyl groups is 1. The number of hydrogen-bond donors (Lipinski definition) is 1. The molecule has 0 unspecified atom stereocenters. The maximum Gasteiger partial charge on any atom is 0.227 e. The molecule has 16 heavy (non-hydrogen) atoms. The van der Waals surface area contributed by atoms with E-state index in [1.807, 2.05) is 0 Å². The minimum Gasteiger partial charge on any atom is -0.389 e. The second-order valence-electron chi connectivity index (χ2n) is 4.03. The lowest BCUT2D eigenvalue weighted by molar-refractivity contribution is -0.117. The first-order chi connectivity index (χ1) is 7.59. The summed E-state index contributed by atoms with van der Waals surface area (Å²) in [5.74, 6) is 0.101. The van der Waals surface area contributed by atoms with Gasteiger partial charge in [-0.2, -0.15) is 0 Å². The van der Waals surface area contributed by atoms with Crippen LogP contribution in [0.2, 0.25) is 5.02 Å². The standard InChI is InChI=1S/C12H14ClNO2/c1-8(15)10-5-4-9(13)7-11(10)14-6-2-3-12(14)16/h4-5,7-8,15H,2-3,6H2,1H3/t8-/m0/s1. The molecule has 1 aromatic rings. The normalized spacial score (nSPS) is 17.9.